The molecule has 0 saturated carbocycles. The van der Waals surface area contributed by atoms with Gasteiger partial charge in [-0.05, 0) is 42.3 Å². The summed E-state index contributed by atoms with van der Waals surface area (Å²) in [5, 5.41) is 0. The lowest BCUT2D eigenvalue weighted by atomic mass is 10.0. The van der Waals surface area contributed by atoms with E-state index < -0.39 is 16.5 Å². The zero-order valence-electron chi connectivity index (χ0n) is 9.85. The van der Waals surface area contributed by atoms with E-state index in [9.17, 15) is 8.78 Å². The van der Waals surface area contributed by atoms with Gasteiger partial charge in [-0.1, -0.05) is 53.9 Å². The van der Waals surface area contributed by atoms with Gasteiger partial charge < -0.3 is 0 Å². The highest BCUT2D eigenvalue weighted by molar-refractivity contribution is 9.11. The van der Waals surface area contributed by atoms with Crippen molar-refractivity contribution in [3.63, 3.8) is 0 Å². The standard InChI is InChI=1S/C14H9Br3F2/c1-7-2-5-11(18)12(14(7)19)13(17)9-6-8(15)3-4-10(9)16/h2-6,13H,1H3. The van der Waals surface area contributed by atoms with Crippen LogP contribution in [0.15, 0.2) is 39.3 Å². The third-order valence-electron chi connectivity index (χ3n) is 2.80. The van der Waals surface area contributed by atoms with Crippen molar-refractivity contribution in [2.24, 2.45) is 0 Å². The molecule has 0 aromatic heterocycles. The minimum absolute atomic E-state index is 0.0267. The van der Waals surface area contributed by atoms with E-state index in [0.29, 0.717) is 5.56 Å². The van der Waals surface area contributed by atoms with E-state index in [1.165, 1.54) is 12.1 Å². The number of halogens is 5. The van der Waals surface area contributed by atoms with Crippen molar-refractivity contribution < 1.29 is 8.78 Å². The first kappa shape index (κ1) is 15.1. The summed E-state index contributed by atoms with van der Waals surface area (Å²) in [5.74, 6) is -1.08. The number of aryl methyl sites for hydroxylation is 1. The topological polar surface area (TPSA) is 0 Å². The molecule has 5 heteroatoms. The molecule has 2 aromatic rings. The van der Waals surface area contributed by atoms with E-state index in [2.05, 4.69) is 47.8 Å². The first-order chi connectivity index (χ1) is 8.91. The maximum Gasteiger partial charge on any atom is 0.133 e. The molecule has 1 unspecified atom stereocenters. The van der Waals surface area contributed by atoms with Gasteiger partial charge in [-0.25, -0.2) is 8.78 Å². The van der Waals surface area contributed by atoms with Crippen LogP contribution in [0.25, 0.3) is 0 Å². The van der Waals surface area contributed by atoms with Gasteiger partial charge in [0.05, 0.1) is 4.83 Å². The number of hydrogen-bond acceptors (Lipinski definition) is 0. The summed E-state index contributed by atoms with van der Waals surface area (Å²) in [6.07, 6.45) is 0. The van der Waals surface area contributed by atoms with Gasteiger partial charge in [-0.15, -0.1) is 0 Å². The van der Waals surface area contributed by atoms with E-state index in [4.69, 9.17) is 0 Å². The number of benzene rings is 2. The van der Waals surface area contributed by atoms with E-state index in [0.717, 1.165) is 14.5 Å². The maximum absolute atomic E-state index is 14.1. The molecule has 0 nitrogen and oxygen atoms in total. The van der Waals surface area contributed by atoms with Crippen molar-refractivity contribution >= 4 is 47.8 Å². The highest BCUT2D eigenvalue weighted by atomic mass is 79.9. The molecule has 0 radical (unpaired) electrons. The monoisotopic (exact) mass is 452 g/mol. The van der Waals surface area contributed by atoms with Gasteiger partial charge in [0.2, 0.25) is 0 Å². The average Bonchev–Trinajstić information content (AvgIpc) is 2.37. The highest BCUT2D eigenvalue weighted by Crippen LogP contribution is 2.39. The van der Waals surface area contributed by atoms with Crippen LogP contribution in [0, 0.1) is 18.6 Å². The molecule has 0 amide bonds. The minimum atomic E-state index is -0.558. The number of rotatable bonds is 2. The zero-order chi connectivity index (χ0) is 14.2. The number of alkyl halides is 1. The fraction of sp³-hybridized carbons (Fsp3) is 0.143. The lowest BCUT2D eigenvalue weighted by molar-refractivity contribution is 0.555. The lowest BCUT2D eigenvalue weighted by Gasteiger charge is -2.16. The molecule has 0 aliphatic heterocycles. The highest BCUT2D eigenvalue weighted by Gasteiger charge is 2.22. The van der Waals surface area contributed by atoms with Crippen molar-refractivity contribution in [1.29, 1.82) is 0 Å². The smallest absolute Gasteiger partial charge is 0.133 e. The van der Waals surface area contributed by atoms with Crippen LogP contribution in [-0.4, -0.2) is 0 Å². The molecular weight excluding hydrogens is 446 g/mol. The largest absolute Gasteiger partial charge is 0.207 e. The Hall–Kier alpha value is -0.260. The van der Waals surface area contributed by atoms with Crippen LogP contribution >= 0.6 is 47.8 Å². The summed E-state index contributed by atoms with van der Waals surface area (Å²) in [4.78, 5) is -0.556. The van der Waals surface area contributed by atoms with Gasteiger partial charge >= 0.3 is 0 Å². The van der Waals surface area contributed by atoms with Gasteiger partial charge in [-0.2, -0.15) is 0 Å². The van der Waals surface area contributed by atoms with E-state index >= 15 is 0 Å². The summed E-state index contributed by atoms with van der Waals surface area (Å²) in [6, 6.07) is 8.23. The summed E-state index contributed by atoms with van der Waals surface area (Å²) < 4.78 is 29.7. The van der Waals surface area contributed by atoms with Crippen molar-refractivity contribution in [3.8, 4) is 0 Å². The summed E-state index contributed by atoms with van der Waals surface area (Å²) >= 11 is 10.1. The van der Waals surface area contributed by atoms with Crippen LogP contribution in [0.1, 0.15) is 21.5 Å². The van der Waals surface area contributed by atoms with Crippen molar-refractivity contribution in [2.75, 3.05) is 0 Å². The van der Waals surface area contributed by atoms with Crippen LogP contribution in [0.5, 0.6) is 0 Å². The Balaban J connectivity index is 2.59. The van der Waals surface area contributed by atoms with E-state index in [-0.39, 0.29) is 5.56 Å². The third kappa shape index (κ3) is 3.09. The summed E-state index contributed by atoms with van der Waals surface area (Å²) in [7, 11) is 0. The molecule has 0 spiro atoms. The zero-order valence-corrected chi connectivity index (χ0v) is 14.6. The second kappa shape index (κ2) is 6.02. The average molecular weight is 455 g/mol. The van der Waals surface area contributed by atoms with Gasteiger partial charge in [0.1, 0.15) is 11.6 Å². The van der Waals surface area contributed by atoms with Crippen LogP contribution in [-0.2, 0) is 0 Å². The van der Waals surface area contributed by atoms with Crippen molar-refractivity contribution in [3.05, 3.63) is 67.6 Å². The van der Waals surface area contributed by atoms with Crippen LogP contribution < -0.4 is 0 Å². The maximum atomic E-state index is 14.1. The molecular formula is C14H9Br3F2. The predicted octanol–water partition coefficient (Wildman–Crippen LogP) is 6.28. The van der Waals surface area contributed by atoms with E-state index in [1.54, 1.807) is 6.92 Å². The minimum Gasteiger partial charge on any atom is -0.207 e. The first-order valence-electron chi connectivity index (χ1n) is 5.45. The number of hydrogen-bond donors (Lipinski definition) is 0. The second-order valence-corrected chi connectivity index (χ2v) is 6.81. The Morgan fingerprint density at radius 1 is 1.05 bits per heavy atom. The molecule has 2 rings (SSSR count). The first-order valence-corrected chi connectivity index (χ1v) is 7.95. The van der Waals surface area contributed by atoms with Gasteiger partial charge in [0, 0.05) is 14.5 Å². The molecule has 0 saturated heterocycles. The van der Waals surface area contributed by atoms with Crippen molar-refractivity contribution in [1.82, 2.24) is 0 Å². The Labute approximate surface area is 135 Å². The van der Waals surface area contributed by atoms with Crippen molar-refractivity contribution in [2.45, 2.75) is 11.8 Å². The van der Waals surface area contributed by atoms with Crippen LogP contribution in [0.4, 0.5) is 8.78 Å². The fourth-order valence-electron chi connectivity index (χ4n) is 1.78. The normalized spacial score (nSPS) is 12.5. The summed E-state index contributed by atoms with van der Waals surface area (Å²) in [5.41, 5.74) is 1.21. The Kier molecular flexibility index (Phi) is 4.79. The quantitative estimate of drug-likeness (QED) is 0.468. The summed E-state index contributed by atoms with van der Waals surface area (Å²) in [6.45, 7) is 1.62. The molecule has 0 aliphatic rings. The molecule has 0 aliphatic carbocycles. The molecule has 1 atom stereocenters. The molecule has 19 heavy (non-hydrogen) atoms. The Bertz CT molecular complexity index is 626. The molecule has 0 bridgehead atoms. The molecule has 100 valence electrons. The Morgan fingerprint density at radius 2 is 1.74 bits per heavy atom. The fourth-order valence-corrected chi connectivity index (χ4v) is 3.74. The van der Waals surface area contributed by atoms with Crippen LogP contribution in [0.3, 0.4) is 0 Å². The van der Waals surface area contributed by atoms with Gasteiger partial charge in [0.15, 0.2) is 0 Å². The molecule has 0 N–H and O–H groups in total. The second-order valence-electron chi connectivity index (χ2n) is 4.12. The molecule has 0 fully saturated rings. The SMILES string of the molecule is Cc1ccc(F)c(C(Br)c2cc(Br)ccc2Br)c1F. The third-order valence-corrected chi connectivity index (χ3v) is 4.97. The van der Waals surface area contributed by atoms with E-state index in [1.807, 2.05) is 18.2 Å². The molecule has 2 aromatic carbocycles. The van der Waals surface area contributed by atoms with Gasteiger partial charge in [0.25, 0.3) is 0 Å². The predicted molar refractivity (Wildman–Crippen MR) is 83.7 cm³/mol. The van der Waals surface area contributed by atoms with Gasteiger partial charge in [-0.3, -0.25) is 0 Å². The van der Waals surface area contributed by atoms with Crippen LogP contribution in [0.2, 0.25) is 0 Å². The lowest BCUT2D eigenvalue weighted by Crippen LogP contribution is -2.03. The molecule has 0 heterocycles. The Morgan fingerprint density at radius 3 is 2.42 bits per heavy atom.